The highest BCUT2D eigenvalue weighted by atomic mass is 16.5. The first-order valence-corrected chi connectivity index (χ1v) is 6.50. The molecule has 1 aromatic carbocycles. The number of nitrogens with zero attached hydrogens (tertiary/aromatic N) is 4. The maximum atomic E-state index is 5.87. The molecule has 0 amide bonds. The molecule has 104 valence electrons. The van der Waals surface area contributed by atoms with Gasteiger partial charge in [-0.3, -0.25) is 4.98 Å². The number of hydrogen-bond donors (Lipinski definition) is 1. The Bertz CT molecular complexity index is 759. The van der Waals surface area contributed by atoms with Crippen molar-refractivity contribution in [2.24, 2.45) is 0 Å². The first kappa shape index (κ1) is 11.8. The largest absolute Gasteiger partial charge is 0.477 e. The summed E-state index contributed by atoms with van der Waals surface area (Å²) in [4.78, 5) is 12.5. The molecule has 2 aromatic heterocycles. The molecule has 21 heavy (non-hydrogen) atoms. The van der Waals surface area contributed by atoms with Crippen LogP contribution in [-0.4, -0.2) is 26.7 Å². The Labute approximate surface area is 120 Å². The first-order chi connectivity index (χ1) is 10.4. The molecule has 0 bridgehead atoms. The Kier molecular flexibility index (Phi) is 2.74. The Hall–Kier alpha value is -2.96. The standard InChI is InChI=1S/C14H11N5O2/c1-2-4-11-9(3-1)17-8-12(20-11)14-18-13(19-21-14)10-7-15-5-6-16-10/h1-7,12,17H,8H2. The van der Waals surface area contributed by atoms with Crippen LogP contribution in [-0.2, 0) is 0 Å². The number of rotatable bonds is 2. The molecular weight excluding hydrogens is 270 g/mol. The Morgan fingerprint density at radius 1 is 1.19 bits per heavy atom. The highest BCUT2D eigenvalue weighted by molar-refractivity contribution is 5.57. The molecule has 0 saturated carbocycles. The van der Waals surface area contributed by atoms with Crippen molar-refractivity contribution in [3.8, 4) is 17.3 Å². The fourth-order valence-electron chi connectivity index (χ4n) is 2.14. The van der Waals surface area contributed by atoms with Gasteiger partial charge in [0.25, 0.3) is 5.89 Å². The van der Waals surface area contributed by atoms with E-state index in [9.17, 15) is 0 Å². The summed E-state index contributed by atoms with van der Waals surface area (Å²) in [5, 5.41) is 7.20. The summed E-state index contributed by atoms with van der Waals surface area (Å²) >= 11 is 0. The number of fused-ring (bicyclic) bond motifs is 1. The van der Waals surface area contributed by atoms with Gasteiger partial charge in [0.2, 0.25) is 5.82 Å². The maximum absolute atomic E-state index is 5.87. The van der Waals surface area contributed by atoms with Gasteiger partial charge < -0.3 is 14.6 Å². The van der Waals surface area contributed by atoms with Gasteiger partial charge in [-0.1, -0.05) is 17.3 Å². The lowest BCUT2D eigenvalue weighted by Crippen LogP contribution is -2.23. The van der Waals surface area contributed by atoms with Crippen molar-refractivity contribution in [2.75, 3.05) is 11.9 Å². The number of ether oxygens (including phenoxy) is 1. The minimum Gasteiger partial charge on any atom is -0.477 e. The quantitative estimate of drug-likeness (QED) is 0.769. The van der Waals surface area contributed by atoms with E-state index in [1.165, 1.54) is 0 Å². The second-order valence-corrected chi connectivity index (χ2v) is 4.53. The summed E-state index contributed by atoms with van der Waals surface area (Å²) in [5.41, 5.74) is 1.53. The van der Waals surface area contributed by atoms with Gasteiger partial charge in [0.05, 0.1) is 18.4 Å². The fraction of sp³-hybridized carbons (Fsp3) is 0.143. The highest BCUT2D eigenvalue weighted by Crippen LogP contribution is 2.33. The van der Waals surface area contributed by atoms with E-state index in [0.29, 0.717) is 24.0 Å². The summed E-state index contributed by atoms with van der Waals surface area (Å²) in [6.45, 7) is 0.569. The Balaban J connectivity index is 1.60. The smallest absolute Gasteiger partial charge is 0.269 e. The van der Waals surface area contributed by atoms with Crippen molar-refractivity contribution in [1.29, 1.82) is 0 Å². The average molecular weight is 281 g/mol. The number of para-hydroxylation sites is 2. The van der Waals surface area contributed by atoms with Crippen LogP contribution in [0, 0.1) is 0 Å². The van der Waals surface area contributed by atoms with E-state index in [1.807, 2.05) is 24.3 Å². The molecule has 4 rings (SSSR count). The van der Waals surface area contributed by atoms with Crippen LogP contribution in [0.15, 0.2) is 47.4 Å². The lowest BCUT2D eigenvalue weighted by atomic mass is 10.2. The van der Waals surface area contributed by atoms with Crippen LogP contribution in [0.3, 0.4) is 0 Å². The van der Waals surface area contributed by atoms with Gasteiger partial charge in [0.15, 0.2) is 6.10 Å². The van der Waals surface area contributed by atoms with Crippen molar-refractivity contribution in [3.05, 3.63) is 48.7 Å². The van der Waals surface area contributed by atoms with Gasteiger partial charge >= 0.3 is 0 Å². The third-order valence-electron chi connectivity index (χ3n) is 3.14. The summed E-state index contributed by atoms with van der Waals surface area (Å²) in [5.74, 6) is 1.59. The molecule has 0 fully saturated rings. The number of nitrogens with one attached hydrogen (secondary N) is 1. The van der Waals surface area contributed by atoms with Crippen LogP contribution in [0.25, 0.3) is 11.5 Å². The monoisotopic (exact) mass is 281 g/mol. The predicted molar refractivity (Wildman–Crippen MR) is 73.6 cm³/mol. The van der Waals surface area contributed by atoms with Gasteiger partial charge in [0, 0.05) is 12.4 Å². The van der Waals surface area contributed by atoms with Gasteiger partial charge in [-0.2, -0.15) is 4.98 Å². The topological polar surface area (TPSA) is 86.0 Å². The average Bonchev–Trinajstić information content (AvgIpc) is 3.05. The number of benzene rings is 1. The molecule has 1 unspecified atom stereocenters. The van der Waals surface area contributed by atoms with Crippen molar-refractivity contribution < 1.29 is 9.26 Å². The molecule has 0 aliphatic carbocycles. The minimum atomic E-state index is -0.321. The summed E-state index contributed by atoms with van der Waals surface area (Å²) in [6.07, 6.45) is 4.44. The van der Waals surface area contributed by atoms with Crippen LogP contribution in [0.5, 0.6) is 5.75 Å². The maximum Gasteiger partial charge on any atom is 0.269 e. The van der Waals surface area contributed by atoms with Crippen LogP contribution < -0.4 is 10.1 Å². The molecule has 1 aliphatic heterocycles. The SMILES string of the molecule is c1ccc2c(c1)NCC(c1nc(-c3cnccn3)no1)O2. The molecule has 1 aliphatic rings. The van der Waals surface area contributed by atoms with Gasteiger partial charge in [-0.25, -0.2) is 4.98 Å². The molecule has 1 atom stereocenters. The zero-order valence-corrected chi connectivity index (χ0v) is 10.9. The second-order valence-electron chi connectivity index (χ2n) is 4.53. The fourth-order valence-corrected chi connectivity index (χ4v) is 2.14. The van der Waals surface area contributed by atoms with E-state index in [1.54, 1.807) is 18.6 Å². The molecule has 3 aromatic rings. The molecular formula is C14H11N5O2. The van der Waals surface area contributed by atoms with E-state index in [-0.39, 0.29) is 6.10 Å². The van der Waals surface area contributed by atoms with E-state index < -0.39 is 0 Å². The highest BCUT2D eigenvalue weighted by Gasteiger charge is 2.26. The Morgan fingerprint density at radius 2 is 2.14 bits per heavy atom. The first-order valence-electron chi connectivity index (χ1n) is 6.50. The van der Waals surface area contributed by atoms with Crippen molar-refractivity contribution in [1.82, 2.24) is 20.1 Å². The molecule has 7 nitrogen and oxygen atoms in total. The lowest BCUT2D eigenvalue weighted by Gasteiger charge is -2.24. The van der Waals surface area contributed by atoms with E-state index in [4.69, 9.17) is 9.26 Å². The third-order valence-corrected chi connectivity index (χ3v) is 3.14. The van der Waals surface area contributed by atoms with Crippen LogP contribution in [0.1, 0.15) is 12.0 Å². The van der Waals surface area contributed by atoms with E-state index in [0.717, 1.165) is 11.4 Å². The number of anilines is 1. The number of aromatic nitrogens is 4. The van der Waals surface area contributed by atoms with Crippen LogP contribution in [0.4, 0.5) is 5.69 Å². The normalized spacial score (nSPS) is 16.7. The molecule has 7 heteroatoms. The molecule has 3 heterocycles. The van der Waals surface area contributed by atoms with Crippen LogP contribution in [0.2, 0.25) is 0 Å². The Morgan fingerprint density at radius 3 is 3.05 bits per heavy atom. The molecule has 0 saturated heterocycles. The summed E-state index contributed by atoms with van der Waals surface area (Å²) < 4.78 is 11.2. The molecule has 0 spiro atoms. The zero-order chi connectivity index (χ0) is 14.1. The summed E-state index contributed by atoms with van der Waals surface area (Å²) in [7, 11) is 0. The van der Waals surface area contributed by atoms with E-state index in [2.05, 4.69) is 25.4 Å². The zero-order valence-electron chi connectivity index (χ0n) is 10.9. The predicted octanol–water partition coefficient (Wildman–Crippen LogP) is 2.07. The van der Waals surface area contributed by atoms with Crippen molar-refractivity contribution >= 4 is 5.69 Å². The summed E-state index contributed by atoms with van der Waals surface area (Å²) in [6, 6.07) is 7.73. The second kappa shape index (κ2) is 4.86. The van der Waals surface area contributed by atoms with E-state index >= 15 is 0 Å². The van der Waals surface area contributed by atoms with Gasteiger partial charge in [-0.05, 0) is 12.1 Å². The lowest BCUT2D eigenvalue weighted by molar-refractivity contribution is 0.163. The number of hydrogen-bond acceptors (Lipinski definition) is 7. The molecule has 1 N–H and O–H groups in total. The third kappa shape index (κ3) is 2.18. The van der Waals surface area contributed by atoms with Crippen LogP contribution >= 0.6 is 0 Å². The molecule has 0 radical (unpaired) electrons. The van der Waals surface area contributed by atoms with Crippen molar-refractivity contribution in [3.63, 3.8) is 0 Å². The minimum absolute atomic E-state index is 0.321. The van der Waals surface area contributed by atoms with Gasteiger partial charge in [0.1, 0.15) is 11.4 Å². The van der Waals surface area contributed by atoms with Crippen molar-refractivity contribution in [2.45, 2.75) is 6.10 Å². The van der Waals surface area contributed by atoms with Gasteiger partial charge in [-0.15, -0.1) is 0 Å².